The highest BCUT2D eigenvalue weighted by atomic mass is 16.6. The fourth-order valence-electron chi connectivity index (χ4n) is 4.25. The molecule has 0 unspecified atom stereocenters. The lowest BCUT2D eigenvalue weighted by Crippen LogP contribution is -2.62. The van der Waals surface area contributed by atoms with Crippen LogP contribution in [0, 0.1) is 11.3 Å². The van der Waals surface area contributed by atoms with Gasteiger partial charge in [-0.25, -0.2) is 9.59 Å². The molecule has 0 N–H and O–H groups in total. The zero-order chi connectivity index (χ0) is 19.7. The van der Waals surface area contributed by atoms with Crippen LogP contribution in [0.25, 0.3) is 0 Å². The van der Waals surface area contributed by atoms with Gasteiger partial charge in [0.15, 0.2) is 0 Å². The molecule has 1 aromatic rings. The number of nitrogens with zero attached hydrogens (tertiary/aromatic N) is 2. The number of carbonyl (C=O) groups is 2. The molecule has 6 nitrogen and oxygen atoms in total. The van der Waals surface area contributed by atoms with Crippen LogP contribution in [-0.2, 0) is 16.1 Å². The standard InChI is InChI=1S/C21H30N2O4/c1-20(2,3)27-19(25)23-12-17-10-21(11-17,15-23)14-22(4)18(24)26-13-16-8-6-5-7-9-16/h5-9,17H,10-15H2,1-4H3. The molecule has 2 amide bonds. The smallest absolute Gasteiger partial charge is 0.410 e. The largest absolute Gasteiger partial charge is 0.445 e. The van der Waals surface area contributed by atoms with Gasteiger partial charge in [0.25, 0.3) is 0 Å². The predicted molar refractivity (Wildman–Crippen MR) is 102 cm³/mol. The van der Waals surface area contributed by atoms with Gasteiger partial charge in [-0.1, -0.05) is 30.3 Å². The molecule has 1 saturated carbocycles. The Morgan fingerprint density at radius 1 is 1.22 bits per heavy atom. The van der Waals surface area contributed by atoms with Crippen molar-refractivity contribution in [3.63, 3.8) is 0 Å². The van der Waals surface area contributed by atoms with E-state index in [9.17, 15) is 9.59 Å². The van der Waals surface area contributed by atoms with Crippen LogP contribution in [0.2, 0.25) is 0 Å². The van der Waals surface area contributed by atoms with Crippen molar-refractivity contribution in [1.82, 2.24) is 9.80 Å². The van der Waals surface area contributed by atoms with Crippen molar-refractivity contribution in [3.8, 4) is 0 Å². The molecule has 2 heterocycles. The molecule has 0 spiro atoms. The lowest BCUT2D eigenvalue weighted by molar-refractivity contribution is -0.0781. The number of piperidine rings is 2. The monoisotopic (exact) mass is 374 g/mol. The maximum atomic E-state index is 12.4. The van der Waals surface area contributed by atoms with Crippen LogP contribution in [0.15, 0.2) is 30.3 Å². The summed E-state index contributed by atoms with van der Waals surface area (Å²) in [5.41, 5.74) is 0.430. The van der Waals surface area contributed by atoms with Gasteiger partial charge in [0.1, 0.15) is 12.2 Å². The van der Waals surface area contributed by atoms with Crippen LogP contribution >= 0.6 is 0 Å². The van der Waals surface area contributed by atoms with Crippen LogP contribution in [0.1, 0.15) is 39.2 Å². The molecular formula is C21H30N2O4. The van der Waals surface area contributed by atoms with Crippen molar-refractivity contribution >= 4 is 12.2 Å². The maximum Gasteiger partial charge on any atom is 0.410 e. The molecule has 2 aliphatic heterocycles. The fourth-order valence-corrected chi connectivity index (χ4v) is 4.25. The number of amides is 2. The van der Waals surface area contributed by atoms with Gasteiger partial charge in [-0.2, -0.15) is 0 Å². The second-order valence-corrected chi connectivity index (χ2v) is 9.03. The highest BCUT2D eigenvalue weighted by molar-refractivity contribution is 5.69. The SMILES string of the molecule is CN(CC12CC(CN(C(=O)OC(C)(C)C)C1)C2)C(=O)OCc1ccccc1. The highest BCUT2D eigenvalue weighted by Gasteiger charge is 2.52. The molecular weight excluding hydrogens is 344 g/mol. The summed E-state index contributed by atoms with van der Waals surface area (Å²) in [5.74, 6) is 0.500. The Morgan fingerprint density at radius 3 is 2.52 bits per heavy atom. The van der Waals surface area contributed by atoms with Crippen molar-refractivity contribution in [1.29, 1.82) is 0 Å². The lowest BCUT2D eigenvalue weighted by atomic mass is 9.58. The van der Waals surface area contributed by atoms with Gasteiger partial charge >= 0.3 is 12.2 Å². The minimum atomic E-state index is -0.496. The second-order valence-electron chi connectivity index (χ2n) is 9.03. The average Bonchev–Trinajstić information content (AvgIpc) is 2.58. The minimum Gasteiger partial charge on any atom is -0.445 e. The molecule has 1 aromatic carbocycles. The first kappa shape index (κ1) is 19.5. The summed E-state index contributed by atoms with van der Waals surface area (Å²) in [7, 11) is 1.77. The van der Waals surface area contributed by atoms with Gasteiger partial charge in [0, 0.05) is 32.1 Å². The second kappa shape index (κ2) is 7.41. The van der Waals surface area contributed by atoms with E-state index in [1.807, 2.05) is 51.1 Å². The summed E-state index contributed by atoms with van der Waals surface area (Å²) in [6.45, 7) is 7.87. The molecule has 27 heavy (non-hydrogen) atoms. The number of carbonyl (C=O) groups excluding carboxylic acids is 2. The van der Waals surface area contributed by atoms with E-state index in [-0.39, 0.29) is 24.2 Å². The molecule has 3 fully saturated rings. The number of benzene rings is 1. The summed E-state index contributed by atoms with van der Waals surface area (Å²) in [6.07, 6.45) is 1.50. The summed E-state index contributed by atoms with van der Waals surface area (Å²) in [5, 5.41) is 0. The molecule has 0 radical (unpaired) electrons. The van der Waals surface area contributed by atoms with Gasteiger partial charge < -0.3 is 19.3 Å². The zero-order valence-electron chi connectivity index (χ0n) is 16.7. The van der Waals surface area contributed by atoms with Gasteiger partial charge in [-0.05, 0) is 45.1 Å². The van der Waals surface area contributed by atoms with E-state index in [1.54, 1.807) is 16.8 Å². The van der Waals surface area contributed by atoms with E-state index in [4.69, 9.17) is 9.47 Å². The topological polar surface area (TPSA) is 59.1 Å². The fraction of sp³-hybridized carbons (Fsp3) is 0.619. The van der Waals surface area contributed by atoms with Crippen LogP contribution in [0.4, 0.5) is 9.59 Å². The van der Waals surface area contributed by atoms with Gasteiger partial charge in [-0.3, -0.25) is 0 Å². The number of ether oxygens (including phenoxy) is 2. The predicted octanol–water partition coefficient (Wildman–Crippen LogP) is 3.90. The molecule has 3 aliphatic rings. The van der Waals surface area contributed by atoms with E-state index in [2.05, 4.69) is 0 Å². The summed E-state index contributed by atoms with van der Waals surface area (Å²) < 4.78 is 10.9. The molecule has 0 atom stereocenters. The van der Waals surface area contributed by atoms with Crippen molar-refractivity contribution in [2.75, 3.05) is 26.7 Å². The first-order valence-corrected chi connectivity index (χ1v) is 9.56. The van der Waals surface area contributed by atoms with Gasteiger partial charge in [0.2, 0.25) is 0 Å². The van der Waals surface area contributed by atoms with E-state index < -0.39 is 5.60 Å². The number of hydrogen-bond donors (Lipinski definition) is 0. The van der Waals surface area contributed by atoms with E-state index in [1.165, 1.54) is 0 Å². The van der Waals surface area contributed by atoms with Crippen LogP contribution in [0.3, 0.4) is 0 Å². The zero-order valence-corrected chi connectivity index (χ0v) is 16.7. The molecule has 148 valence electrons. The van der Waals surface area contributed by atoms with Crippen molar-refractivity contribution < 1.29 is 19.1 Å². The molecule has 4 rings (SSSR count). The molecule has 2 saturated heterocycles. The molecule has 0 aromatic heterocycles. The van der Waals surface area contributed by atoms with E-state index in [0.717, 1.165) is 24.9 Å². The number of hydrogen-bond acceptors (Lipinski definition) is 4. The van der Waals surface area contributed by atoms with Crippen molar-refractivity contribution in [2.24, 2.45) is 11.3 Å². The van der Waals surface area contributed by atoms with Crippen LogP contribution in [-0.4, -0.2) is 54.3 Å². The normalized spacial score (nSPS) is 24.0. The quantitative estimate of drug-likeness (QED) is 0.802. The average molecular weight is 374 g/mol. The Morgan fingerprint density at radius 2 is 1.89 bits per heavy atom. The summed E-state index contributed by atoms with van der Waals surface area (Å²) >= 11 is 0. The maximum absolute atomic E-state index is 12.4. The van der Waals surface area contributed by atoms with Gasteiger partial charge in [0.05, 0.1) is 0 Å². The third kappa shape index (κ3) is 4.93. The molecule has 6 heteroatoms. The minimum absolute atomic E-state index is 0.0413. The highest BCUT2D eigenvalue weighted by Crippen LogP contribution is 2.51. The Kier molecular flexibility index (Phi) is 5.36. The first-order valence-electron chi connectivity index (χ1n) is 9.56. The summed E-state index contributed by atoms with van der Waals surface area (Å²) in [6, 6.07) is 9.65. The first-order chi connectivity index (χ1) is 12.7. The number of rotatable bonds is 4. The third-order valence-corrected chi connectivity index (χ3v) is 5.19. The Hall–Kier alpha value is -2.24. The van der Waals surface area contributed by atoms with Crippen LogP contribution in [0.5, 0.6) is 0 Å². The van der Waals surface area contributed by atoms with Crippen molar-refractivity contribution in [2.45, 2.75) is 45.8 Å². The van der Waals surface area contributed by atoms with Crippen molar-refractivity contribution in [3.05, 3.63) is 35.9 Å². The van der Waals surface area contributed by atoms with E-state index in [0.29, 0.717) is 19.0 Å². The summed E-state index contributed by atoms with van der Waals surface area (Å²) in [4.78, 5) is 28.2. The van der Waals surface area contributed by atoms with Crippen LogP contribution < -0.4 is 0 Å². The lowest BCUT2D eigenvalue weighted by Gasteiger charge is -2.57. The molecule has 2 bridgehead atoms. The Labute approximate surface area is 161 Å². The Balaban J connectivity index is 1.52. The Bertz CT molecular complexity index is 677. The van der Waals surface area contributed by atoms with E-state index >= 15 is 0 Å². The third-order valence-electron chi connectivity index (χ3n) is 5.19. The van der Waals surface area contributed by atoms with Gasteiger partial charge in [-0.15, -0.1) is 0 Å². The molecule has 1 aliphatic carbocycles. The number of fused-ring (bicyclic) bond motifs is 2.